The minimum absolute atomic E-state index is 0.302. The van der Waals surface area contributed by atoms with E-state index in [2.05, 4.69) is 66.3 Å². The normalized spacial score (nSPS) is 24.6. The molecule has 110 valence electrons. The van der Waals surface area contributed by atoms with Crippen LogP contribution in [0, 0.1) is 31.6 Å². The van der Waals surface area contributed by atoms with Crippen LogP contribution in [0.2, 0.25) is 0 Å². The van der Waals surface area contributed by atoms with Gasteiger partial charge in [0, 0.05) is 0 Å². The second-order valence-corrected chi connectivity index (χ2v) is 7.52. The summed E-state index contributed by atoms with van der Waals surface area (Å²) in [4.78, 5) is 0. The Morgan fingerprint density at radius 3 is 2.55 bits per heavy atom. The van der Waals surface area contributed by atoms with Gasteiger partial charge in [-0.2, -0.15) is 0 Å². The minimum atomic E-state index is 0.302. The molecule has 1 aromatic rings. The van der Waals surface area contributed by atoms with Crippen molar-refractivity contribution < 1.29 is 0 Å². The molecule has 0 N–H and O–H groups in total. The molecule has 1 saturated carbocycles. The van der Waals surface area contributed by atoms with Crippen LogP contribution in [0.1, 0.15) is 57.2 Å². The SMILES string of the molecule is C=C(C)CC1CC1C(C)(c1cc(C)ccc1C)C(C)C. The third kappa shape index (κ3) is 2.71. The third-order valence-corrected chi connectivity index (χ3v) is 5.48. The van der Waals surface area contributed by atoms with Gasteiger partial charge in [0.2, 0.25) is 0 Å². The first-order chi connectivity index (χ1) is 9.26. The van der Waals surface area contributed by atoms with Crippen LogP contribution >= 0.6 is 0 Å². The predicted octanol–water partition coefficient (Wildman–Crippen LogP) is 5.82. The minimum Gasteiger partial charge on any atom is -0.100 e. The van der Waals surface area contributed by atoms with Crippen molar-refractivity contribution in [1.29, 1.82) is 0 Å². The van der Waals surface area contributed by atoms with E-state index in [1.54, 1.807) is 5.56 Å². The van der Waals surface area contributed by atoms with Crippen LogP contribution in [0.25, 0.3) is 0 Å². The highest BCUT2D eigenvalue weighted by Crippen LogP contribution is 2.58. The maximum atomic E-state index is 4.10. The van der Waals surface area contributed by atoms with Gasteiger partial charge in [0.1, 0.15) is 0 Å². The molecule has 1 aliphatic rings. The van der Waals surface area contributed by atoms with Crippen molar-refractivity contribution in [2.75, 3.05) is 0 Å². The number of hydrogen-bond donors (Lipinski definition) is 0. The van der Waals surface area contributed by atoms with E-state index in [1.807, 2.05) is 0 Å². The van der Waals surface area contributed by atoms with Gasteiger partial charge in [-0.05, 0) is 67.9 Å². The van der Waals surface area contributed by atoms with Gasteiger partial charge in [0.05, 0.1) is 0 Å². The van der Waals surface area contributed by atoms with E-state index in [0.717, 1.165) is 11.8 Å². The lowest BCUT2D eigenvalue weighted by molar-refractivity contribution is 0.277. The fraction of sp³-hybridized carbons (Fsp3) is 0.600. The molecule has 0 aliphatic heterocycles. The second-order valence-electron chi connectivity index (χ2n) is 7.52. The molecule has 0 heteroatoms. The quantitative estimate of drug-likeness (QED) is 0.591. The number of rotatable bonds is 5. The van der Waals surface area contributed by atoms with Crippen molar-refractivity contribution in [1.82, 2.24) is 0 Å². The van der Waals surface area contributed by atoms with Crippen molar-refractivity contribution >= 4 is 0 Å². The topological polar surface area (TPSA) is 0 Å². The van der Waals surface area contributed by atoms with Crippen molar-refractivity contribution in [2.45, 2.75) is 59.8 Å². The summed E-state index contributed by atoms with van der Waals surface area (Å²) in [5, 5.41) is 0. The molecule has 0 nitrogen and oxygen atoms in total. The van der Waals surface area contributed by atoms with Crippen LogP contribution in [0.15, 0.2) is 30.4 Å². The van der Waals surface area contributed by atoms with Gasteiger partial charge in [-0.25, -0.2) is 0 Å². The van der Waals surface area contributed by atoms with Gasteiger partial charge in [0.15, 0.2) is 0 Å². The predicted molar refractivity (Wildman–Crippen MR) is 89.1 cm³/mol. The molecular weight excluding hydrogens is 240 g/mol. The van der Waals surface area contributed by atoms with Crippen molar-refractivity contribution in [3.63, 3.8) is 0 Å². The lowest BCUT2D eigenvalue weighted by Gasteiger charge is -2.37. The monoisotopic (exact) mass is 270 g/mol. The summed E-state index contributed by atoms with van der Waals surface area (Å²) in [5.41, 5.74) is 6.05. The van der Waals surface area contributed by atoms with E-state index in [4.69, 9.17) is 0 Å². The molecule has 0 radical (unpaired) electrons. The first kappa shape index (κ1) is 15.4. The first-order valence-electron chi connectivity index (χ1n) is 7.99. The fourth-order valence-corrected chi connectivity index (χ4v) is 3.91. The molecule has 0 aromatic heterocycles. The van der Waals surface area contributed by atoms with E-state index < -0.39 is 0 Å². The molecule has 1 aromatic carbocycles. The average Bonchev–Trinajstić information content (AvgIpc) is 3.09. The maximum Gasteiger partial charge on any atom is -0.00185 e. The number of aryl methyl sites for hydroxylation is 2. The zero-order chi connectivity index (χ0) is 15.1. The Hall–Kier alpha value is -1.04. The van der Waals surface area contributed by atoms with Gasteiger partial charge in [0.25, 0.3) is 0 Å². The Kier molecular flexibility index (Phi) is 4.14. The average molecular weight is 270 g/mol. The smallest absolute Gasteiger partial charge is 0.00185 e. The second kappa shape index (κ2) is 5.39. The molecule has 0 saturated heterocycles. The summed E-state index contributed by atoms with van der Waals surface area (Å²) in [5.74, 6) is 2.34. The summed E-state index contributed by atoms with van der Waals surface area (Å²) in [6.45, 7) is 18.0. The summed E-state index contributed by atoms with van der Waals surface area (Å²) in [6.07, 6.45) is 2.58. The summed E-state index contributed by atoms with van der Waals surface area (Å²) in [6, 6.07) is 6.95. The lowest BCUT2D eigenvalue weighted by Crippen LogP contribution is -2.33. The van der Waals surface area contributed by atoms with E-state index in [9.17, 15) is 0 Å². The van der Waals surface area contributed by atoms with E-state index in [1.165, 1.54) is 29.5 Å². The van der Waals surface area contributed by atoms with Gasteiger partial charge in [-0.15, -0.1) is 6.58 Å². The summed E-state index contributed by atoms with van der Waals surface area (Å²) >= 11 is 0. The Morgan fingerprint density at radius 2 is 2.00 bits per heavy atom. The largest absolute Gasteiger partial charge is 0.100 e. The Labute approximate surface area is 125 Å². The van der Waals surface area contributed by atoms with Crippen LogP contribution in [0.3, 0.4) is 0 Å². The van der Waals surface area contributed by atoms with Crippen LogP contribution in [-0.2, 0) is 5.41 Å². The molecule has 0 bridgehead atoms. The Balaban J connectivity index is 2.36. The van der Waals surface area contributed by atoms with E-state index in [-0.39, 0.29) is 0 Å². The van der Waals surface area contributed by atoms with Crippen molar-refractivity contribution in [3.05, 3.63) is 47.0 Å². The lowest BCUT2D eigenvalue weighted by atomic mass is 9.67. The molecule has 1 fully saturated rings. The van der Waals surface area contributed by atoms with Gasteiger partial charge in [-0.1, -0.05) is 50.1 Å². The van der Waals surface area contributed by atoms with Gasteiger partial charge in [-0.3, -0.25) is 0 Å². The van der Waals surface area contributed by atoms with E-state index in [0.29, 0.717) is 11.3 Å². The number of hydrogen-bond acceptors (Lipinski definition) is 0. The fourth-order valence-electron chi connectivity index (χ4n) is 3.91. The molecule has 2 rings (SSSR count). The Bertz CT molecular complexity index is 509. The molecular formula is C20H30. The number of benzene rings is 1. The highest BCUT2D eigenvalue weighted by molar-refractivity contribution is 5.39. The highest BCUT2D eigenvalue weighted by atomic mass is 14.6. The molecule has 0 spiro atoms. The highest BCUT2D eigenvalue weighted by Gasteiger charge is 2.52. The van der Waals surface area contributed by atoms with Crippen LogP contribution in [0.4, 0.5) is 0 Å². The molecule has 3 atom stereocenters. The summed E-state index contributed by atoms with van der Waals surface area (Å²) in [7, 11) is 0. The Morgan fingerprint density at radius 1 is 1.35 bits per heavy atom. The summed E-state index contributed by atoms with van der Waals surface area (Å²) < 4.78 is 0. The van der Waals surface area contributed by atoms with Gasteiger partial charge >= 0.3 is 0 Å². The van der Waals surface area contributed by atoms with Crippen LogP contribution in [0.5, 0.6) is 0 Å². The molecule has 20 heavy (non-hydrogen) atoms. The molecule has 1 aliphatic carbocycles. The first-order valence-corrected chi connectivity index (χ1v) is 7.99. The van der Waals surface area contributed by atoms with Crippen molar-refractivity contribution in [3.8, 4) is 0 Å². The number of allylic oxidation sites excluding steroid dienone is 1. The zero-order valence-electron chi connectivity index (χ0n) is 14.1. The third-order valence-electron chi connectivity index (χ3n) is 5.48. The molecule has 3 unspecified atom stereocenters. The zero-order valence-corrected chi connectivity index (χ0v) is 14.1. The van der Waals surface area contributed by atoms with Crippen LogP contribution in [-0.4, -0.2) is 0 Å². The van der Waals surface area contributed by atoms with Gasteiger partial charge < -0.3 is 0 Å². The maximum absolute atomic E-state index is 4.10. The van der Waals surface area contributed by atoms with Crippen LogP contribution < -0.4 is 0 Å². The molecule has 0 amide bonds. The molecule has 0 heterocycles. The van der Waals surface area contributed by atoms with Crippen molar-refractivity contribution in [2.24, 2.45) is 17.8 Å². The van der Waals surface area contributed by atoms with E-state index >= 15 is 0 Å². The standard InChI is InChI=1S/C20H30/c1-13(2)10-17-12-19(17)20(7,14(3)4)18-11-15(5)8-9-16(18)6/h8-9,11,14,17,19H,1,10,12H2,2-7H3.